The second-order valence-corrected chi connectivity index (χ2v) is 8.38. The maximum Gasteiger partial charge on any atom is 0.119 e. The van der Waals surface area contributed by atoms with Crippen molar-refractivity contribution in [1.29, 1.82) is 0 Å². The SMILES string of the molecule is CONC(=CCCN1CCC(Cc2cc(OC)ccc2Br)CC1)c1ccccc1. The minimum Gasteiger partial charge on any atom is -0.497 e. The average Bonchev–Trinajstić information content (AvgIpc) is 2.76. The van der Waals surface area contributed by atoms with Gasteiger partial charge in [-0.1, -0.05) is 52.3 Å². The van der Waals surface area contributed by atoms with E-state index in [0.29, 0.717) is 0 Å². The molecule has 2 aromatic carbocycles. The first-order valence-corrected chi connectivity index (χ1v) is 11.1. The van der Waals surface area contributed by atoms with Crippen molar-refractivity contribution in [2.75, 3.05) is 33.9 Å². The Labute approximate surface area is 183 Å². The molecule has 0 bridgehead atoms. The van der Waals surface area contributed by atoms with Gasteiger partial charge in [-0.25, -0.2) is 0 Å². The molecule has 156 valence electrons. The third-order valence-corrected chi connectivity index (χ3v) is 6.33. The van der Waals surface area contributed by atoms with Gasteiger partial charge >= 0.3 is 0 Å². The Morgan fingerprint density at radius 2 is 1.90 bits per heavy atom. The monoisotopic (exact) mass is 458 g/mol. The number of benzene rings is 2. The molecule has 0 spiro atoms. The molecule has 0 aliphatic carbocycles. The lowest BCUT2D eigenvalue weighted by atomic mass is 9.90. The lowest BCUT2D eigenvalue weighted by molar-refractivity contribution is 0.136. The first kappa shape index (κ1) is 21.9. The summed E-state index contributed by atoms with van der Waals surface area (Å²) in [6.45, 7) is 3.41. The van der Waals surface area contributed by atoms with Gasteiger partial charge in [0.05, 0.1) is 19.9 Å². The molecule has 1 heterocycles. The van der Waals surface area contributed by atoms with Crippen molar-refractivity contribution in [3.05, 3.63) is 70.2 Å². The molecule has 29 heavy (non-hydrogen) atoms. The number of piperidine rings is 1. The number of halogens is 1. The van der Waals surface area contributed by atoms with Gasteiger partial charge in [-0.05, 0) is 74.0 Å². The van der Waals surface area contributed by atoms with Gasteiger partial charge < -0.3 is 9.64 Å². The fraction of sp³-hybridized carbons (Fsp3) is 0.417. The van der Waals surface area contributed by atoms with Crippen molar-refractivity contribution >= 4 is 21.6 Å². The molecule has 1 aliphatic rings. The Bertz CT molecular complexity index is 787. The molecule has 1 aliphatic heterocycles. The van der Waals surface area contributed by atoms with Crippen LogP contribution < -0.4 is 10.2 Å². The van der Waals surface area contributed by atoms with E-state index in [1.54, 1.807) is 14.2 Å². The van der Waals surface area contributed by atoms with Crippen LogP contribution in [0.3, 0.4) is 0 Å². The first-order chi connectivity index (χ1) is 14.2. The van der Waals surface area contributed by atoms with Gasteiger partial charge in [0.15, 0.2) is 0 Å². The topological polar surface area (TPSA) is 33.7 Å². The van der Waals surface area contributed by atoms with Gasteiger partial charge in [-0.15, -0.1) is 0 Å². The largest absolute Gasteiger partial charge is 0.497 e. The molecular weight excluding hydrogens is 428 g/mol. The second-order valence-electron chi connectivity index (χ2n) is 7.53. The van der Waals surface area contributed by atoms with Crippen molar-refractivity contribution in [2.24, 2.45) is 5.92 Å². The Morgan fingerprint density at radius 1 is 1.14 bits per heavy atom. The van der Waals surface area contributed by atoms with E-state index in [1.165, 1.54) is 36.0 Å². The molecule has 0 atom stereocenters. The number of hydrogen-bond donors (Lipinski definition) is 1. The normalized spacial score (nSPS) is 16.0. The maximum atomic E-state index is 5.38. The first-order valence-electron chi connectivity index (χ1n) is 10.3. The molecule has 0 aromatic heterocycles. The third kappa shape index (κ3) is 6.59. The molecule has 1 saturated heterocycles. The Balaban J connectivity index is 1.47. The molecule has 0 radical (unpaired) electrons. The van der Waals surface area contributed by atoms with E-state index in [-0.39, 0.29) is 0 Å². The van der Waals surface area contributed by atoms with Crippen LogP contribution in [0.25, 0.3) is 5.70 Å². The molecular formula is C24H31BrN2O2. The number of nitrogens with zero attached hydrogens (tertiary/aromatic N) is 1. The number of nitrogens with one attached hydrogen (secondary N) is 1. The van der Waals surface area contributed by atoms with Crippen LogP contribution in [0.4, 0.5) is 0 Å². The Hall–Kier alpha value is -1.82. The molecule has 5 heteroatoms. The minimum absolute atomic E-state index is 0.736. The lowest BCUT2D eigenvalue weighted by Gasteiger charge is -2.32. The minimum atomic E-state index is 0.736. The van der Waals surface area contributed by atoms with Crippen LogP contribution in [-0.2, 0) is 11.3 Å². The van der Waals surface area contributed by atoms with Crippen molar-refractivity contribution in [2.45, 2.75) is 25.7 Å². The number of methoxy groups -OCH3 is 1. The summed E-state index contributed by atoms with van der Waals surface area (Å²) in [6, 6.07) is 16.6. The zero-order chi connectivity index (χ0) is 20.5. The summed E-state index contributed by atoms with van der Waals surface area (Å²) in [5, 5.41) is 0. The van der Waals surface area contributed by atoms with Crippen molar-refractivity contribution in [3.63, 3.8) is 0 Å². The van der Waals surface area contributed by atoms with Gasteiger partial charge in [0.25, 0.3) is 0 Å². The van der Waals surface area contributed by atoms with Crippen LogP contribution in [0.15, 0.2) is 59.1 Å². The molecule has 0 unspecified atom stereocenters. The number of rotatable bonds is 9. The van der Waals surface area contributed by atoms with Crippen molar-refractivity contribution in [3.8, 4) is 5.75 Å². The van der Waals surface area contributed by atoms with Crippen LogP contribution in [-0.4, -0.2) is 38.8 Å². The highest BCUT2D eigenvalue weighted by Crippen LogP contribution is 2.28. The summed E-state index contributed by atoms with van der Waals surface area (Å²) in [5.74, 6) is 1.67. The van der Waals surface area contributed by atoms with Gasteiger partial charge in [0, 0.05) is 11.0 Å². The summed E-state index contributed by atoms with van der Waals surface area (Å²) in [7, 11) is 3.38. The van der Waals surface area contributed by atoms with Crippen LogP contribution in [0.5, 0.6) is 5.75 Å². The predicted molar refractivity (Wildman–Crippen MR) is 123 cm³/mol. The fourth-order valence-electron chi connectivity index (χ4n) is 3.90. The van der Waals surface area contributed by atoms with Crippen molar-refractivity contribution < 1.29 is 9.57 Å². The highest BCUT2D eigenvalue weighted by molar-refractivity contribution is 9.10. The fourth-order valence-corrected chi connectivity index (χ4v) is 4.31. The van der Waals surface area contributed by atoms with E-state index < -0.39 is 0 Å². The predicted octanol–water partition coefficient (Wildman–Crippen LogP) is 5.29. The zero-order valence-electron chi connectivity index (χ0n) is 17.4. The van der Waals surface area contributed by atoms with Crippen LogP contribution in [0.2, 0.25) is 0 Å². The number of likely N-dealkylation sites (tertiary alicyclic amines) is 1. The van der Waals surface area contributed by atoms with E-state index in [2.05, 4.69) is 56.7 Å². The summed E-state index contributed by atoms with van der Waals surface area (Å²) >= 11 is 3.69. The summed E-state index contributed by atoms with van der Waals surface area (Å²) in [5.41, 5.74) is 6.55. The van der Waals surface area contributed by atoms with Gasteiger partial charge in [-0.3, -0.25) is 10.3 Å². The molecule has 1 fully saturated rings. The standard InChI is InChI=1S/C24H31BrN2O2/c1-28-22-10-11-23(25)21(18-22)17-19-12-15-27(16-13-19)14-6-9-24(26-29-2)20-7-4-3-5-8-20/h3-5,7-11,18-19,26H,6,12-17H2,1-2H3. The Kier molecular flexibility index (Phi) is 8.59. The average molecular weight is 459 g/mol. The molecule has 4 nitrogen and oxygen atoms in total. The number of hydrogen-bond acceptors (Lipinski definition) is 4. The van der Waals surface area contributed by atoms with E-state index in [9.17, 15) is 0 Å². The van der Waals surface area contributed by atoms with E-state index in [4.69, 9.17) is 9.57 Å². The quantitative estimate of drug-likeness (QED) is 0.517. The summed E-state index contributed by atoms with van der Waals surface area (Å²) in [4.78, 5) is 7.73. The Morgan fingerprint density at radius 3 is 2.59 bits per heavy atom. The zero-order valence-corrected chi connectivity index (χ0v) is 19.0. The maximum absolute atomic E-state index is 5.38. The molecule has 0 amide bonds. The number of ether oxygens (including phenoxy) is 1. The summed E-state index contributed by atoms with van der Waals surface area (Å²) in [6.07, 6.45) is 6.84. The van der Waals surface area contributed by atoms with E-state index >= 15 is 0 Å². The molecule has 2 aromatic rings. The van der Waals surface area contributed by atoms with Crippen molar-refractivity contribution in [1.82, 2.24) is 10.4 Å². The van der Waals surface area contributed by atoms with Crippen LogP contribution >= 0.6 is 15.9 Å². The second kappa shape index (κ2) is 11.4. The van der Waals surface area contributed by atoms with Gasteiger partial charge in [0.2, 0.25) is 0 Å². The number of hydroxylamine groups is 1. The van der Waals surface area contributed by atoms with Crippen LogP contribution in [0.1, 0.15) is 30.4 Å². The van der Waals surface area contributed by atoms with E-state index in [0.717, 1.165) is 42.3 Å². The smallest absolute Gasteiger partial charge is 0.119 e. The molecule has 0 saturated carbocycles. The molecule has 3 rings (SSSR count). The highest BCUT2D eigenvalue weighted by Gasteiger charge is 2.20. The van der Waals surface area contributed by atoms with Gasteiger partial charge in [-0.2, -0.15) is 0 Å². The lowest BCUT2D eigenvalue weighted by Crippen LogP contribution is -2.35. The van der Waals surface area contributed by atoms with Gasteiger partial charge in [0.1, 0.15) is 5.75 Å². The van der Waals surface area contributed by atoms with E-state index in [1.807, 2.05) is 24.3 Å². The van der Waals surface area contributed by atoms with Crippen LogP contribution in [0, 0.1) is 5.92 Å². The molecule has 1 N–H and O–H groups in total. The summed E-state index contributed by atoms with van der Waals surface area (Å²) < 4.78 is 6.57. The third-order valence-electron chi connectivity index (χ3n) is 5.56. The highest BCUT2D eigenvalue weighted by atomic mass is 79.9.